The number of halogens is 1. The van der Waals surface area contributed by atoms with Crippen LogP contribution in [0.25, 0.3) is 0 Å². The smallest absolute Gasteiger partial charge is 0.213 e. The van der Waals surface area contributed by atoms with Gasteiger partial charge in [0.15, 0.2) is 5.96 Å². The second kappa shape index (κ2) is 15.8. The first-order valence-corrected chi connectivity index (χ1v) is 11.0. The highest BCUT2D eigenvalue weighted by atomic mass is 127. The Morgan fingerprint density at radius 3 is 2.72 bits per heavy atom. The summed E-state index contributed by atoms with van der Waals surface area (Å²) >= 11 is 0. The van der Waals surface area contributed by atoms with Crippen molar-refractivity contribution in [2.24, 2.45) is 10.9 Å². The molecule has 2 N–H and O–H groups in total. The minimum Gasteiger partial charge on any atom is -0.473 e. The van der Waals surface area contributed by atoms with Gasteiger partial charge in [-0.2, -0.15) is 0 Å². The molecule has 1 aromatic carbocycles. The lowest BCUT2D eigenvalue weighted by molar-refractivity contribution is 0.0203. The second-order valence-corrected chi connectivity index (χ2v) is 7.61. The number of rotatable bonds is 11. The van der Waals surface area contributed by atoms with Crippen LogP contribution in [-0.2, 0) is 22.6 Å². The van der Waals surface area contributed by atoms with Gasteiger partial charge in [0.2, 0.25) is 5.88 Å². The first-order chi connectivity index (χ1) is 15.3. The average Bonchev–Trinajstić information content (AvgIpc) is 2.83. The molecule has 32 heavy (non-hydrogen) atoms. The van der Waals surface area contributed by atoms with Gasteiger partial charge in [-0.15, -0.1) is 24.0 Å². The Morgan fingerprint density at radius 1 is 1.12 bits per heavy atom. The number of aliphatic imine (C=N–C) groups is 1. The number of aromatic nitrogens is 1. The fraction of sp³-hybridized carbons (Fsp3) is 0.500. The molecule has 1 aromatic heterocycles. The lowest BCUT2D eigenvalue weighted by Crippen LogP contribution is -2.37. The fourth-order valence-corrected chi connectivity index (χ4v) is 3.32. The Balaban J connectivity index is 0.00000363. The molecule has 2 aromatic rings. The summed E-state index contributed by atoms with van der Waals surface area (Å²) in [6, 6.07) is 14.0. The Morgan fingerprint density at radius 2 is 1.94 bits per heavy atom. The van der Waals surface area contributed by atoms with Crippen molar-refractivity contribution in [2.75, 3.05) is 40.0 Å². The van der Waals surface area contributed by atoms with Crippen LogP contribution >= 0.6 is 24.0 Å². The summed E-state index contributed by atoms with van der Waals surface area (Å²) in [5.74, 6) is 2.04. The molecule has 7 nitrogen and oxygen atoms in total. The van der Waals surface area contributed by atoms with Gasteiger partial charge in [0.05, 0.1) is 0 Å². The van der Waals surface area contributed by atoms with E-state index in [1.54, 1.807) is 13.2 Å². The molecule has 0 spiro atoms. The number of benzene rings is 1. The average molecular weight is 554 g/mol. The minimum absolute atomic E-state index is 0. The lowest BCUT2D eigenvalue weighted by atomic mass is 10.0. The molecule has 1 saturated heterocycles. The molecule has 1 aliphatic heterocycles. The van der Waals surface area contributed by atoms with E-state index in [2.05, 4.69) is 20.6 Å². The van der Waals surface area contributed by atoms with E-state index < -0.39 is 0 Å². The summed E-state index contributed by atoms with van der Waals surface area (Å²) < 4.78 is 17.0. The standard InChI is InChI=1S/C24H34N4O3.HI/c1-25-24(27-11-5-13-30-18-21-9-14-29-15-10-21)28-17-22-8-12-26-23(16-22)31-19-20-6-3-2-4-7-20;/h2-4,6-8,12,16,21H,5,9-11,13-15,17-19H2,1H3,(H2,25,27,28);1H. The van der Waals surface area contributed by atoms with E-state index in [0.29, 0.717) is 24.9 Å². The zero-order valence-corrected chi connectivity index (χ0v) is 21.1. The molecule has 176 valence electrons. The van der Waals surface area contributed by atoms with Gasteiger partial charge in [-0.05, 0) is 42.4 Å². The van der Waals surface area contributed by atoms with Crippen LogP contribution in [0.3, 0.4) is 0 Å². The quantitative estimate of drug-likeness (QED) is 0.191. The van der Waals surface area contributed by atoms with Crippen molar-refractivity contribution in [3.8, 4) is 5.88 Å². The number of hydrogen-bond acceptors (Lipinski definition) is 5. The van der Waals surface area contributed by atoms with Crippen LogP contribution in [0, 0.1) is 5.92 Å². The molecular weight excluding hydrogens is 519 g/mol. The highest BCUT2D eigenvalue weighted by Gasteiger charge is 2.13. The van der Waals surface area contributed by atoms with Crippen LogP contribution in [-0.4, -0.2) is 51.0 Å². The number of pyridine rings is 1. The third kappa shape index (κ3) is 10.1. The minimum atomic E-state index is 0. The predicted octanol–water partition coefficient (Wildman–Crippen LogP) is 3.78. The zero-order chi connectivity index (χ0) is 21.6. The molecule has 0 amide bonds. The van der Waals surface area contributed by atoms with Gasteiger partial charge in [0, 0.05) is 58.8 Å². The van der Waals surface area contributed by atoms with Gasteiger partial charge in [0.25, 0.3) is 0 Å². The Hall–Kier alpha value is -1.91. The molecule has 3 rings (SSSR count). The molecule has 8 heteroatoms. The molecular formula is C24H35IN4O3. The lowest BCUT2D eigenvalue weighted by Gasteiger charge is -2.21. The summed E-state index contributed by atoms with van der Waals surface area (Å²) in [5.41, 5.74) is 2.20. The third-order valence-corrected chi connectivity index (χ3v) is 5.16. The monoisotopic (exact) mass is 554 g/mol. The first-order valence-electron chi connectivity index (χ1n) is 11.0. The van der Waals surface area contributed by atoms with Crippen molar-refractivity contribution in [2.45, 2.75) is 32.4 Å². The van der Waals surface area contributed by atoms with Gasteiger partial charge in [-0.1, -0.05) is 30.3 Å². The van der Waals surface area contributed by atoms with Crippen LogP contribution < -0.4 is 15.4 Å². The SMILES string of the molecule is CN=C(NCCCOCC1CCOCC1)NCc1ccnc(OCc2ccccc2)c1.I. The van der Waals surface area contributed by atoms with Crippen molar-refractivity contribution < 1.29 is 14.2 Å². The Kier molecular flexibility index (Phi) is 13.0. The van der Waals surface area contributed by atoms with E-state index in [0.717, 1.165) is 69.3 Å². The molecule has 0 unspecified atom stereocenters. The molecule has 0 radical (unpaired) electrons. The number of hydrogen-bond donors (Lipinski definition) is 2. The fourth-order valence-electron chi connectivity index (χ4n) is 3.32. The third-order valence-electron chi connectivity index (χ3n) is 5.16. The van der Waals surface area contributed by atoms with Gasteiger partial charge in [-0.3, -0.25) is 4.99 Å². The zero-order valence-electron chi connectivity index (χ0n) is 18.8. The molecule has 0 bridgehead atoms. The summed E-state index contributed by atoms with van der Waals surface area (Å²) in [5, 5.41) is 6.66. The van der Waals surface area contributed by atoms with Crippen LogP contribution in [0.4, 0.5) is 0 Å². The highest BCUT2D eigenvalue weighted by molar-refractivity contribution is 14.0. The molecule has 0 aliphatic carbocycles. The van der Waals surface area contributed by atoms with Crippen molar-refractivity contribution in [3.63, 3.8) is 0 Å². The first kappa shape index (κ1) is 26.3. The van der Waals surface area contributed by atoms with E-state index in [1.807, 2.05) is 42.5 Å². The number of ether oxygens (including phenoxy) is 3. The topological polar surface area (TPSA) is 77.0 Å². The highest BCUT2D eigenvalue weighted by Crippen LogP contribution is 2.14. The largest absolute Gasteiger partial charge is 0.473 e. The van der Waals surface area contributed by atoms with Crippen molar-refractivity contribution in [1.82, 2.24) is 15.6 Å². The van der Waals surface area contributed by atoms with Crippen molar-refractivity contribution in [1.29, 1.82) is 0 Å². The Bertz CT molecular complexity index is 786. The van der Waals surface area contributed by atoms with Crippen molar-refractivity contribution >= 4 is 29.9 Å². The van der Waals surface area contributed by atoms with Crippen molar-refractivity contribution in [3.05, 3.63) is 59.8 Å². The molecule has 0 saturated carbocycles. The van der Waals surface area contributed by atoms with Gasteiger partial charge < -0.3 is 24.8 Å². The normalized spacial score (nSPS) is 14.5. The van der Waals surface area contributed by atoms with Crippen LogP contribution in [0.2, 0.25) is 0 Å². The summed E-state index contributed by atoms with van der Waals surface area (Å²) in [7, 11) is 1.78. The van der Waals surface area contributed by atoms with Gasteiger partial charge >= 0.3 is 0 Å². The number of nitrogens with one attached hydrogen (secondary N) is 2. The second-order valence-electron chi connectivity index (χ2n) is 7.61. The van der Waals surface area contributed by atoms with Crippen LogP contribution in [0.15, 0.2) is 53.7 Å². The summed E-state index contributed by atoms with van der Waals surface area (Å²) in [6.07, 6.45) is 4.94. The maximum Gasteiger partial charge on any atom is 0.213 e. The maximum absolute atomic E-state index is 5.81. The van der Waals surface area contributed by atoms with E-state index in [9.17, 15) is 0 Å². The number of guanidine groups is 1. The maximum atomic E-state index is 5.81. The molecule has 2 heterocycles. The number of nitrogens with zero attached hydrogens (tertiary/aromatic N) is 2. The summed E-state index contributed by atoms with van der Waals surface area (Å²) in [4.78, 5) is 8.58. The van der Waals surface area contributed by atoms with Gasteiger partial charge in [-0.25, -0.2) is 4.98 Å². The molecule has 1 fully saturated rings. The Labute approximate surface area is 208 Å². The van der Waals surface area contributed by atoms with E-state index in [-0.39, 0.29) is 24.0 Å². The van der Waals surface area contributed by atoms with Gasteiger partial charge in [0.1, 0.15) is 6.61 Å². The van der Waals surface area contributed by atoms with E-state index in [4.69, 9.17) is 14.2 Å². The van der Waals surface area contributed by atoms with E-state index in [1.165, 1.54) is 0 Å². The molecule has 1 aliphatic rings. The predicted molar refractivity (Wildman–Crippen MR) is 138 cm³/mol. The van der Waals surface area contributed by atoms with Crippen LogP contribution in [0.5, 0.6) is 5.88 Å². The molecule has 0 atom stereocenters. The summed E-state index contributed by atoms with van der Waals surface area (Å²) in [6.45, 7) is 5.30. The van der Waals surface area contributed by atoms with Crippen LogP contribution in [0.1, 0.15) is 30.4 Å². The van der Waals surface area contributed by atoms with E-state index >= 15 is 0 Å².